The van der Waals surface area contributed by atoms with Gasteiger partial charge in [0.2, 0.25) is 0 Å². The number of carbonyl (C=O) groups is 8. The van der Waals surface area contributed by atoms with Gasteiger partial charge < -0.3 is 43.4 Å². The highest BCUT2D eigenvalue weighted by molar-refractivity contribution is 5.78. The van der Waals surface area contributed by atoms with E-state index in [2.05, 4.69) is 13.8 Å². The average molecular weight is 1530 g/mol. The molecular formula is C92H150O17. The van der Waals surface area contributed by atoms with Crippen LogP contribution in [0, 0.1) is 49.2 Å². The summed E-state index contributed by atoms with van der Waals surface area (Å²) in [5.74, 6) is -2.03. The second-order valence-electron chi connectivity index (χ2n) is 34.6. The Hall–Kier alpha value is -7.40. The number of hydrogen-bond donors (Lipinski definition) is 2. The summed E-state index contributed by atoms with van der Waals surface area (Å²) in [6, 6.07) is 39.1. The molecule has 4 aromatic carbocycles. The van der Waals surface area contributed by atoms with Crippen LogP contribution in [0.15, 0.2) is 121 Å². The van der Waals surface area contributed by atoms with E-state index in [9.17, 15) is 38.4 Å². The van der Waals surface area contributed by atoms with Crippen LogP contribution in [-0.2, 0) is 96.9 Å². The van der Waals surface area contributed by atoms with Crippen molar-refractivity contribution in [3.8, 4) is 0 Å². The van der Waals surface area contributed by atoms with Gasteiger partial charge in [-0.15, -0.1) is 0 Å². The smallest absolute Gasteiger partial charge is 0.313 e. The maximum Gasteiger partial charge on any atom is 0.313 e. The number of carboxylic acid groups (broad SMARTS) is 2. The summed E-state index contributed by atoms with van der Waals surface area (Å²) >= 11 is 0. The van der Waals surface area contributed by atoms with Gasteiger partial charge in [-0.05, 0) is 238 Å². The maximum absolute atomic E-state index is 12.4. The Morgan fingerprint density at radius 3 is 0.826 bits per heavy atom. The van der Waals surface area contributed by atoms with Crippen molar-refractivity contribution in [1.82, 2.24) is 0 Å². The van der Waals surface area contributed by atoms with Gasteiger partial charge in [-0.3, -0.25) is 38.4 Å². The van der Waals surface area contributed by atoms with E-state index >= 15 is 0 Å². The van der Waals surface area contributed by atoms with E-state index in [-0.39, 0.29) is 75.1 Å². The first-order valence-electron chi connectivity index (χ1n) is 39.6. The van der Waals surface area contributed by atoms with Crippen molar-refractivity contribution in [2.45, 2.75) is 342 Å². The van der Waals surface area contributed by atoms with Crippen LogP contribution in [0.5, 0.6) is 0 Å². The number of hydrogen-bond acceptors (Lipinski definition) is 15. The van der Waals surface area contributed by atoms with Crippen LogP contribution in [0.2, 0.25) is 0 Å². The normalized spacial score (nSPS) is 13.4. The molecule has 1 aliphatic rings. The van der Waals surface area contributed by atoms with Gasteiger partial charge in [-0.25, -0.2) is 0 Å². The van der Waals surface area contributed by atoms with Gasteiger partial charge in [0.15, 0.2) is 6.29 Å². The molecule has 2 atom stereocenters. The molecule has 2 N–H and O–H groups in total. The van der Waals surface area contributed by atoms with Crippen LogP contribution < -0.4 is 0 Å². The van der Waals surface area contributed by atoms with Gasteiger partial charge in [0.25, 0.3) is 0 Å². The zero-order chi connectivity index (χ0) is 85.1. The molecule has 0 spiro atoms. The van der Waals surface area contributed by atoms with Crippen LogP contribution in [-0.4, -0.2) is 76.0 Å². The van der Waals surface area contributed by atoms with Crippen molar-refractivity contribution >= 4 is 47.8 Å². The average Bonchev–Trinajstić information content (AvgIpc) is 0.792. The predicted octanol–water partition coefficient (Wildman–Crippen LogP) is 23.5. The third kappa shape index (κ3) is 43.7. The van der Waals surface area contributed by atoms with Gasteiger partial charge >= 0.3 is 47.8 Å². The highest BCUT2D eigenvalue weighted by atomic mass is 16.7. The van der Waals surface area contributed by atoms with Crippen LogP contribution in [0.3, 0.4) is 0 Å². The summed E-state index contributed by atoms with van der Waals surface area (Å²) in [6.07, 6.45) is 11.9. The fourth-order valence-corrected chi connectivity index (χ4v) is 7.76. The molecule has 0 aliphatic heterocycles. The van der Waals surface area contributed by atoms with Gasteiger partial charge in [-0.2, -0.15) is 0 Å². The van der Waals surface area contributed by atoms with Crippen LogP contribution >= 0.6 is 0 Å². The fraction of sp³-hybridized carbons (Fsp3) is 0.652. The first-order chi connectivity index (χ1) is 50.1. The van der Waals surface area contributed by atoms with Crippen LogP contribution in [0.1, 0.15) is 320 Å². The molecule has 0 radical (unpaired) electrons. The van der Waals surface area contributed by atoms with Crippen molar-refractivity contribution in [3.05, 3.63) is 144 Å². The lowest BCUT2D eigenvalue weighted by molar-refractivity contribution is -0.196. The lowest BCUT2D eigenvalue weighted by Crippen LogP contribution is -2.39. The number of carbonyl (C=O) groups excluding carboxylic acids is 6. The van der Waals surface area contributed by atoms with E-state index in [4.69, 9.17) is 43.4 Å². The summed E-state index contributed by atoms with van der Waals surface area (Å²) in [6.45, 7) is 60.2. The van der Waals surface area contributed by atoms with Crippen molar-refractivity contribution < 1.29 is 81.7 Å². The second kappa shape index (κ2) is 50.5. The molecule has 0 bridgehead atoms. The lowest BCUT2D eigenvalue weighted by atomic mass is 9.83. The molecule has 17 nitrogen and oxygen atoms in total. The molecule has 17 heteroatoms. The Labute approximate surface area is 660 Å². The predicted molar refractivity (Wildman–Crippen MR) is 441 cm³/mol. The summed E-state index contributed by atoms with van der Waals surface area (Å²) in [7, 11) is 0. The molecule has 1 fully saturated rings. The Balaban J connectivity index is -0.00000119. The lowest BCUT2D eigenvalue weighted by Gasteiger charge is -2.36. The number of ether oxygens (including phenoxy) is 7. The Bertz CT molecular complexity index is 3020. The first-order valence-corrected chi connectivity index (χ1v) is 39.6. The molecule has 0 amide bonds. The molecular weight excluding hydrogens is 1380 g/mol. The largest absolute Gasteiger partial charge is 0.481 e. The fourth-order valence-electron chi connectivity index (χ4n) is 7.76. The van der Waals surface area contributed by atoms with Crippen LogP contribution in [0.4, 0.5) is 0 Å². The van der Waals surface area contributed by atoms with Gasteiger partial charge in [0.05, 0.1) is 49.4 Å². The van der Waals surface area contributed by atoms with E-state index in [1.165, 1.54) is 19.3 Å². The Kier molecular flexibility index (Phi) is 49.0. The van der Waals surface area contributed by atoms with E-state index in [1.54, 1.807) is 27.7 Å². The van der Waals surface area contributed by atoms with E-state index < -0.39 is 45.5 Å². The third-order valence-corrected chi connectivity index (χ3v) is 20.5. The van der Waals surface area contributed by atoms with Crippen molar-refractivity contribution in [1.29, 1.82) is 0 Å². The van der Waals surface area contributed by atoms with Gasteiger partial charge in [0.1, 0.15) is 31.0 Å². The molecule has 1 saturated carbocycles. The molecule has 0 aromatic heterocycles. The molecule has 1 aliphatic carbocycles. The first kappa shape index (κ1) is 106. The monoisotopic (exact) mass is 1530 g/mol. The van der Waals surface area contributed by atoms with E-state index in [1.807, 2.05) is 294 Å². The molecule has 109 heavy (non-hydrogen) atoms. The molecule has 0 saturated heterocycles. The standard InChI is InChI=1S/C17H26O2.C14H26O3.3C13H18O2.C10H20O2.2C6H12O2/c1-7-16(4,5)15(18)19-17(6,13(2)3)14-11-9-8-10-12-14;1-5-14(3,4)13(15)17-11(2)16-12-9-7-6-8-10-12;3*1-4-13(2,3)12(14)15-10-11-8-6-5-7-9-11;1-7-10(5,6)8(11)12-9(2,3)4;2*1-4-6(2,3)5(7)8/h8-13H,7H2,1-6H3;11-12H,5-10H2,1-4H3;3*5-9H,4,10H2,1-3H3;7H2,1-6H3;2*4H2,1-3H3,(H,7,8). The molecule has 2 unspecified atom stereocenters. The minimum absolute atomic E-state index is 0.113. The van der Waals surface area contributed by atoms with E-state index in [0.717, 1.165) is 73.6 Å². The summed E-state index contributed by atoms with van der Waals surface area (Å²) in [5, 5.41) is 16.9. The Morgan fingerprint density at radius 2 is 0.587 bits per heavy atom. The maximum atomic E-state index is 12.4. The second-order valence-corrected chi connectivity index (χ2v) is 34.6. The van der Waals surface area contributed by atoms with Crippen molar-refractivity contribution in [2.75, 3.05) is 0 Å². The summed E-state index contributed by atoms with van der Waals surface area (Å²) in [4.78, 5) is 91.1. The third-order valence-electron chi connectivity index (χ3n) is 20.5. The van der Waals surface area contributed by atoms with Crippen molar-refractivity contribution in [3.63, 3.8) is 0 Å². The minimum atomic E-state index is -0.722. The molecule has 0 heterocycles. The summed E-state index contributed by atoms with van der Waals surface area (Å²) < 4.78 is 38.0. The highest BCUT2D eigenvalue weighted by Gasteiger charge is 2.40. The zero-order valence-corrected chi connectivity index (χ0v) is 73.6. The van der Waals surface area contributed by atoms with Crippen LogP contribution in [0.25, 0.3) is 0 Å². The minimum Gasteiger partial charge on any atom is -0.481 e. The molecule has 4 aromatic rings. The zero-order valence-electron chi connectivity index (χ0n) is 73.6. The molecule has 620 valence electrons. The summed E-state index contributed by atoms with van der Waals surface area (Å²) in [5.41, 5.74) is -0.256. The SMILES string of the molecule is CCC(C)(C)C(=O)O.CCC(C)(C)C(=O)O.CCC(C)(C)C(=O)OC(C)(C)C.CCC(C)(C)C(=O)OC(C)(c1ccccc1)C(C)C.CCC(C)(C)C(=O)OC(C)OC1CCCCC1.CCC(C)(C)C(=O)OCc1ccccc1.CCC(C)(C)C(=O)OCc1ccccc1.CCC(C)(C)C(=O)OCc1ccccc1. The quantitative estimate of drug-likeness (QED) is 0.0305. The van der Waals surface area contributed by atoms with Gasteiger partial charge in [-0.1, -0.05) is 210 Å². The molecule has 5 rings (SSSR count). The number of aliphatic carboxylic acids is 2. The highest BCUT2D eigenvalue weighted by Crippen LogP contribution is 2.37. The number of carboxylic acids is 2. The number of rotatable bonds is 28. The number of benzene rings is 4. The Morgan fingerprint density at radius 1 is 0.339 bits per heavy atom. The van der Waals surface area contributed by atoms with E-state index in [0.29, 0.717) is 32.7 Å². The topological polar surface area (TPSA) is 242 Å². The van der Waals surface area contributed by atoms with Crippen molar-refractivity contribution in [2.24, 2.45) is 49.2 Å². The number of esters is 6. The van der Waals surface area contributed by atoms with Gasteiger partial charge in [0, 0.05) is 0 Å².